The van der Waals surface area contributed by atoms with Crippen molar-refractivity contribution in [2.45, 2.75) is 18.2 Å². The van der Waals surface area contributed by atoms with Gasteiger partial charge in [-0.3, -0.25) is 0 Å². The first-order valence-corrected chi connectivity index (χ1v) is 11.2. The van der Waals surface area contributed by atoms with Crippen molar-refractivity contribution in [2.24, 2.45) is 0 Å². The van der Waals surface area contributed by atoms with E-state index in [2.05, 4.69) is 15.3 Å². The summed E-state index contributed by atoms with van der Waals surface area (Å²) in [6.07, 6.45) is 0.692. The summed E-state index contributed by atoms with van der Waals surface area (Å²) < 4.78 is 25.5. The van der Waals surface area contributed by atoms with Gasteiger partial charge in [0.25, 0.3) is 0 Å². The summed E-state index contributed by atoms with van der Waals surface area (Å²) in [6, 6.07) is 14.3. The lowest BCUT2D eigenvalue weighted by atomic mass is 10.1. The third-order valence-corrected chi connectivity index (χ3v) is 6.95. The van der Waals surface area contributed by atoms with Crippen molar-refractivity contribution in [1.82, 2.24) is 14.3 Å². The summed E-state index contributed by atoms with van der Waals surface area (Å²) in [6.45, 7) is 2.54. The second-order valence-corrected chi connectivity index (χ2v) is 9.58. The number of nitrogens with two attached hydrogens (primary N) is 1. The number of hydrogen-bond acceptors (Lipinski definition) is 6. The lowest BCUT2D eigenvalue weighted by Gasteiger charge is -2.12. The van der Waals surface area contributed by atoms with E-state index in [-0.39, 0.29) is 10.8 Å². The minimum absolute atomic E-state index is 0.174. The molecule has 0 atom stereocenters. The monoisotopic (exact) mass is 445 g/mol. The van der Waals surface area contributed by atoms with Gasteiger partial charge < -0.3 is 11.1 Å². The van der Waals surface area contributed by atoms with Gasteiger partial charge in [0.15, 0.2) is 0 Å². The molecule has 0 amide bonds. The van der Waals surface area contributed by atoms with E-state index in [1.165, 1.54) is 18.4 Å². The molecule has 158 valence electrons. The minimum atomic E-state index is -3.42. The van der Waals surface area contributed by atoms with Gasteiger partial charge in [-0.1, -0.05) is 35.9 Å². The van der Waals surface area contributed by atoms with Gasteiger partial charge in [-0.25, -0.2) is 17.7 Å². The Labute approximate surface area is 182 Å². The fourth-order valence-corrected chi connectivity index (χ4v) is 4.03. The molecule has 0 saturated carbocycles. The molecule has 3 aromatic rings. The van der Waals surface area contributed by atoms with Crippen LogP contribution < -0.4 is 11.1 Å². The normalized spacial score (nSPS) is 11.6. The van der Waals surface area contributed by atoms with E-state index in [1.54, 1.807) is 12.1 Å². The molecule has 0 aliphatic carbocycles. The second kappa shape index (κ2) is 8.99. The maximum absolute atomic E-state index is 12.1. The van der Waals surface area contributed by atoms with Gasteiger partial charge in [-0.15, -0.1) is 0 Å². The zero-order valence-corrected chi connectivity index (χ0v) is 18.6. The Kier molecular flexibility index (Phi) is 6.60. The molecule has 0 fully saturated rings. The molecule has 7 nitrogen and oxygen atoms in total. The summed E-state index contributed by atoms with van der Waals surface area (Å²) in [4.78, 5) is 8.84. The molecule has 1 heterocycles. The number of nitrogens with one attached hydrogen (secondary N) is 1. The zero-order chi connectivity index (χ0) is 21.9. The molecule has 3 N–H and O–H groups in total. The number of sulfonamides is 1. The first-order valence-electron chi connectivity index (χ1n) is 9.34. The fraction of sp³-hybridized carbons (Fsp3) is 0.238. The van der Waals surface area contributed by atoms with E-state index in [0.717, 1.165) is 16.7 Å². The van der Waals surface area contributed by atoms with Crippen LogP contribution in [-0.2, 0) is 16.4 Å². The number of aromatic nitrogens is 2. The van der Waals surface area contributed by atoms with Crippen molar-refractivity contribution in [2.75, 3.05) is 31.7 Å². The third kappa shape index (κ3) is 4.89. The number of anilines is 2. The predicted molar refractivity (Wildman–Crippen MR) is 121 cm³/mol. The molecule has 0 saturated heterocycles. The highest BCUT2D eigenvalue weighted by Crippen LogP contribution is 2.28. The highest BCUT2D eigenvalue weighted by atomic mass is 35.5. The van der Waals surface area contributed by atoms with Crippen LogP contribution in [0.1, 0.15) is 11.1 Å². The van der Waals surface area contributed by atoms with Crippen LogP contribution in [0.4, 0.5) is 11.8 Å². The number of halogens is 1. The van der Waals surface area contributed by atoms with Crippen LogP contribution in [0.25, 0.3) is 11.3 Å². The Morgan fingerprint density at radius 2 is 1.80 bits per heavy atom. The second-order valence-electron chi connectivity index (χ2n) is 7.02. The number of nitrogens with zero attached hydrogens (tertiary/aromatic N) is 3. The molecule has 9 heteroatoms. The highest BCUT2D eigenvalue weighted by molar-refractivity contribution is 7.89. The van der Waals surface area contributed by atoms with Crippen LogP contribution in [-0.4, -0.2) is 43.3 Å². The maximum Gasteiger partial charge on any atom is 0.242 e. The van der Waals surface area contributed by atoms with Gasteiger partial charge in [0, 0.05) is 37.3 Å². The van der Waals surface area contributed by atoms with Crippen LogP contribution in [0.15, 0.2) is 53.4 Å². The molecule has 0 bridgehead atoms. The van der Waals surface area contributed by atoms with E-state index in [0.29, 0.717) is 29.5 Å². The van der Waals surface area contributed by atoms with Gasteiger partial charge in [0.2, 0.25) is 16.0 Å². The van der Waals surface area contributed by atoms with Crippen LogP contribution in [0, 0.1) is 6.92 Å². The fourth-order valence-electron chi connectivity index (χ4n) is 2.95. The molecule has 0 unspecified atom stereocenters. The Bertz CT molecular complexity index is 1150. The van der Waals surface area contributed by atoms with Crippen LogP contribution >= 0.6 is 11.6 Å². The lowest BCUT2D eigenvalue weighted by molar-refractivity contribution is 0.520. The van der Waals surface area contributed by atoms with Crippen molar-refractivity contribution in [3.05, 3.63) is 64.7 Å². The molecule has 1 aromatic heterocycles. The van der Waals surface area contributed by atoms with Crippen molar-refractivity contribution in [1.29, 1.82) is 0 Å². The summed E-state index contributed by atoms with van der Waals surface area (Å²) >= 11 is 6.22. The van der Waals surface area contributed by atoms with Crippen molar-refractivity contribution in [3.8, 4) is 11.3 Å². The molecule has 30 heavy (non-hydrogen) atoms. The van der Waals surface area contributed by atoms with Gasteiger partial charge in [0.05, 0.1) is 10.6 Å². The summed E-state index contributed by atoms with van der Waals surface area (Å²) in [5.74, 6) is 0.788. The molecule has 3 rings (SSSR count). The van der Waals surface area contributed by atoms with E-state index < -0.39 is 10.0 Å². The SMILES string of the molecule is Cc1c(Cl)cccc1-c1cc(NCCc2ccc(S(=O)(=O)N(C)C)cc2)nc(N)n1. The summed E-state index contributed by atoms with van der Waals surface area (Å²) in [5.41, 5.74) is 9.43. The average Bonchev–Trinajstić information content (AvgIpc) is 2.70. The molecular formula is C21H24ClN5O2S. The lowest BCUT2D eigenvalue weighted by Crippen LogP contribution is -2.22. The van der Waals surface area contributed by atoms with Gasteiger partial charge in [0.1, 0.15) is 5.82 Å². The van der Waals surface area contributed by atoms with Crippen molar-refractivity contribution < 1.29 is 8.42 Å². The number of hydrogen-bond donors (Lipinski definition) is 2. The predicted octanol–water partition coefficient (Wildman–Crippen LogP) is 3.59. The smallest absolute Gasteiger partial charge is 0.242 e. The van der Waals surface area contributed by atoms with E-state index >= 15 is 0 Å². The minimum Gasteiger partial charge on any atom is -0.370 e. The molecule has 0 spiro atoms. The van der Waals surface area contributed by atoms with E-state index in [4.69, 9.17) is 17.3 Å². The summed E-state index contributed by atoms with van der Waals surface area (Å²) in [5, 5.41) is 3.92. The Morgan fingerprint density at radius 1 is 1.10 bits per heavy atom. The Morgan fingerprint density at radius 3 is 2.47 bits per heavy atom. The molecule has 0 aliphatic heterocycles. The number of rotatable bonds is 7. The van der Waals surface area contributed by atoms with Crippen LogP contribution in [0.2, 0.25) is 5.02 Å². The zero-order valence-electron chi connectivity index (χ0n) is 17.1. The highest BCUT2D eigenvalue weighted by Gasteiger charge is 2.16. The first kappa shape index (κ1) is 22.0. The van der Waals surface area contributed by atoms with E-state index in [9.17, 15) is 8.42 Å². The average molecular weight is 446 g/mol. The number of nitrogen functional groups attached to an aromatic ring is 1. The van der Waals surface area contributed by atoms with E-state index in [1.807, 2.05) is 43.3 Å². The molecule has 2 aromatic carbocycles. The van der Waals surface area contributed by atoms with Crippen molar-refractivity contribution in [3.63, 3.8) is 0 Å². The molecule has 0 aliphatic rings. The summed E-state index contributed by atoms with van der Waals surface area (Å²) in [7, 11) is -0.395. The Balaban J connectivity index is 1.70. The quantitative estimate of drug-likeness (QED) is 0.576. The van der Waals surface area contributed by atoms with Crippen LogP contribution in [0.5, 0.6) is 0 Å². The maximum atomic E-state index is 12.1. The first-order chi connectivity index (χ1) is 14.2. The topological polar surface area (TPSA) is 101 Å². The number of benzene rings is 2. The van der Waals surface area contributed by atoms with Gasteiger partial charge in [-0.2, -0.15) is 4.98 Å². The van der Waals surface area contributed by atoms with Gasteiger partial charge in [-0.05, 0) is 42.7 Å². The van der Waals surface area contributed by atoms with Crippen LogP contribution in [0.3, 0.4) is 0 Å². The molecular weight excluding hydrogens is 422 g/mol. The molecule has 0 radical (unpaired) electrons. The third-order valence-electron chi connectivity index (χ3n) is 4.71. The Hall–Kier alpha value is -2.68. The van der Waals surface area contributed by atoms with Crippen molar-refractivity contribution >= 4 is 33.4 Å². The van der Waals surface area contributed by atoms with Gasteiger partial charge >= 0.3 is 0 Å². The largest absolute Gasteiger partial charge is 0.370 e. The standard InChI is InChI=1S/C21H24ClN5O2S/c1-14-17(5-4-6-18(14)22)19-13-20(26-21(23)25-19)24-12-11-15-7-9-16(10-8-15)30(28,29)27(2)3/h4-10,13H,11-12H2,1-3H3,(H3,23,24,25,26).